The number of benzene rings is 1. The topological polar surface area (TPSA) is 87.7 Å². The van der Waals surface area contributed by atoms with Crippen molar-refractivity contribution in [2.45, 2.75) is 43.4 Å². The van der Waals surface area contributed by atoms with Crippen molar-refractivity contribution in [1.82, 2.24) is 14.9 Å². The Hall–Kier alpha value is -0.550. The number of nitrogens with zero attached hydrogens (tertiary/aromatic N) is 1. The molecule has 1 fully saturated rings. The Morgan fingerprint density at radius 1 is 1.30 bits per heavy atom. The molecular formula is C19H29Cl2N3O4S2. The predicted molar refractivity (Wildman–Crippen MR) is 123 cm³/mol. The smallest absolute Gasteiger partial charge is 0.242 e. The van der Waals surface area contributed by atoms with Crippen LogP contribution in [0.5, 0.6) is 0 Å². The molecule has 0 aliphatic carbocycles. The number of carbonyl (C=O) groups excluding carboxylic acids is 1. The molecule has 2 rings (SSSR count). The number of ether oxygens (including phenoxy) is 1. The number of amides is 1. The molecule has 0 spiro atoms. The van der Waals surface area contributed by atoms with E-state index in [9.17, 15) is 13.2 Å². The fraction of sp³-hybridized carbons (Fsp3) is 0.632. The van der Waals surface area contributed by atoms with Crippen molar-refractivity contribution in [2.24, 2.45) is 0 Å². The normalized spacial score (nSPS) is 21.4. The number of halogens is 2. The average molecular weight is 498 g/mol. The van der Waals surface area contributed by atoms with Crippen molar-refractivity contribution in [3.05, 3.63) is 28.2 Å². The number of carbonyl (C=O) groups is 1. The molecule has 0 aromatic heterocycles. The van der Waals surface area contributed by atoms with E-state index in [0.29, 0.717) is 25.3 Å². The molecule has 170 valence electrons. The van der Waals surface area contributed by atoms with Gasteiger partial charge in [0, 0.05) is 31.2 Å². The second kappa shape index (κ2) is 11.9. The summed E-state index contributed by atoms with van der Waals surface area (Å²) in [6.45, 7) is 6.75. The molecule has 7 nitrogen and oxygen atoms in total. The van der Waals surface area contributed by atoms with Crippen LogP contribution in [0.15, 0.2) is 23.1 Å². The largest absolute Gasteiger partial charge is 0.373 e. The summed E-state index contributed by atoms with van der Waals surface area (Å²) >= 11 is 13.5. The summed E-state index contributed by atoms with van der Waals surface area (Å²) in [7, 11) is -4.01. The van der Waals surface area contributed by atoms with Gasteiger partial charge in [0.15, 0.2) is 0 Å². The lowest BCUT2D eigenvalue weighted by Crippen LogP contribution is -2.51. The molecule has 2 N–H and O–H groups in total. The SMILES string of the molecule is CSCCC(NS(=O)(=O)c1cc(Cl)ccc1Cl)C(=O)NCCN1CC(C)OC(C)C1. The van der Waals surface area contributed by atoms with E-state index < -0.39 is 16.1 Å². The van der Waals surface area contributed by atoms with Crippen molar-refractivity contribution < 1.29 is 17.9 Å². The van der Waals surface area contributed by atoms with Crippen LogP contribution >= 0.6 is 35.0 Å². The average Bonchev–Trinajstić information content (AvgIpc) is 2.66. The molecule has 1 aliphatic heterocycles. The molecule has 1 heterocycles. The van der Waals surface area contributed by atoms with Gasteiger partial charge in [-0.1, -0.05) is 23.2 Å². The Morgan fingerprint density at radius 2 is 1.97 bits per heavy atom. The lowest BCUT2D eigenvalue weighted by molar-refractivity contribution is -0.123. The van der Waals surface area contributed by atoms with Crippen molar-refractivity contribution >= 4 is 50.9 Å². The molecule has 0 saturated carbocycles. The number of hydrogen-bond acceptors (Lipinski definition) is 6. The quantitative estimate of drug-likeness (QED) is 0.516. The molecule has 1 aliphatic rings. The minimum atomic E-state index is -4.01. The molecule has 1 saturated heterocycles. The summed E-state index contributed by atoms with van der Waals surface area (Å²) in [5.74, 6) is 0.266. The summed E-state index contributed by atoms with van der Waals surface area (Å²) in [5, 5.41) is 3.15. The van der Waals surface area contributed by atoms with Gasteiger partial charge >= 0.3 is 0 Å². The predicted octanol–water partition coefficient (Wildman–Crippen LogP) is 2.62. The molecule has 30 heavy (non-hydrogen) atoms. The fourth-order valence-corrected chi connectivity index (χ4v) is 5.80. The monoisotopic (exact) mass is 497 g/mol. The van der Waals surface area contributed by atoms with E-state index in [1.165, 1.54) is 30.0 Å². The van der Waals surface area contributed by atoms with Crippen LogP contribution in [0.2, 0.25) is 10.0 Å². The summed E-state index contributed by atoms with van der Waals surface area (Å²) in [5.41, 5.74) is 0. The van der Waals surface area contributed by atoms with Crippen molar-refractivity contribution in [1.29, 1.82) is 0 Å². The van der Waals surface area contributed by atoms with Crippen molar-refractivity contribution in [3.63, 3.8) is 0 Å². The second-order valence-corrected chi connectivity index (χ2v) is 10.8. The first-order valence-electron chi connectivity index (χ1n) is 9.74. The van der Waals surface area contributed by atoms with Gasteiger partial charge in [0.25, 0.3) is 0 Å². The van der Waals surface area contributed by atoms with Gasteiger partial charge in [-0.2, -0.15) is 16.5 Å². The summed E-state index contributed by atoms with van der Waals surface area (Å²) in [6.07, 6.45) is 2.55. The number of sulfonamides is 1. The zero-order chi connectivity index (χ0) is 22.3. The van der Waals surface area contributed by atoms with Crippen LogP contribution < -0.4 is 10.0 Å². The Balaban J connectivity index is 2.00. The van der Waals surface area contributed by atoms with Crippen molar-refractivity contribution in [3.8, 4) is 0 Å². The van der Waals surface area contributed by atoms with E-state index in [2.05, 4.69) is 14.9 Å². The minimum absolute atomic E-state index is 0.0477. The first-order chi connectivity index (χ1) is 14.1. The third-order valence-electron chi connectivity index (χ3n) is 4.63. The maximum Gasteiger partial charge on any atom is 0.242 e. The van der Waals surface area contributed by atoms with Crippen LogP contribution in [0.1, 0.15) is 20.3 Å². The number of hydrogen-bond donors (Lipinski definition) is 2. The summed E-state index contributed by atoms with van der Waals surface area (Å²) in [6, 6.07) is 3.30. The summed E-state index contributed by atoms with van der Waals surface area (Å²) in [4.78, 5) is 14.8. The zero-order valence-electron chi connectivity index (χ0n) is 17.4. The van der Waals surface area contributed by atoms with Crippen LogP contribution in [-0.4, -0.2) is 75.7 Å². The highest BCUT2D eigenvalue weighted by Crippen LogP contribution is 2.25. The van der Waals surface area contributed by atoms with E-state index in [-0.39, 0.29) is 33.1 Å². The molecule has 3 atom stereocenters. The number of nitrogens with one attached hydrogen (secondary N) is 2. The van der Waals surface area contributed by atoms with E-state index in [4.69, 9.17) is 27.9 Å². The maximum absolute atomic E-state index is 12.8. The lowest BCUT2D eigenvalue weighted by Gasteiger charge is -2.35. The fourth-order valence-electron chi connectivity index (χ4n) is 3.34. The third kappa shape index (κ3) is 7.85. The van der Waals surface area contributed by atoms with Crippen LogP contribution in [0.4, 0.5) is 0 Å². The molecule has 1 amide bonds. The maximum atomic E-state index is 12.8. The first-order valence-corrected chi connectivity index (χ1v) is 13.4. The summed E-state index contributed by atoms with van der Waals surface area (Å²) < 4.78 is 33.8. The number of morpholine rings is 1. The van der Waals surface area contributed by atoms with Gasteiger partial charge in [-0.3, -0.25) is 9.69 Å². The van der Waals surface area contributed by atoms with Crippen LogP contribution in [0.3, 0.4) is 0 Å². The van der Waals surface area contributed by atoms with Gasteiger partial charge < -0.3 is 10.1 Å². The van der Waals surface area contributed by atoms with E-state index >= 15 is 0 Å². The van der Waals surface area contributed by atoms with E-state index in [1.807, 2.05) is 20.1 Å². The molecule has 11 heteroatoms. The third-order valence-corrected chi connectivity index (χ3v) is 7.46. The Kier molecular flexibility index (Phi) is 10.2. The van der Waals surface area contributed by atoms with Gasteiger partial charge in [0.1, 0.15) is 10.9 Å². The van der Waals surface area contributed by atoms with Gasteiger partial charge in [-0.05, 0) is 50.5 Å². The highest BCUT2D eigenvalue weighted by atomic mass is 35.5. The zero-order valence-corrected chi connectivity index (χ0v) is 20.5. The standard InChI is InChI=1S/C19H29Cl2N3O4S2/c1-13-11-24(12-14(2)28-13)8-7-22-19(25)17(6-9-29-3)23-30(26,27)18-10-15(20)4-5-16(18)21/h4-5,10,13-14,17,23H,6-9,11-12H2,1-3H3,(H,22,25). The minimum Gasteiger partial charge on any atom is -0.373 e. The Labute approximate surface area is 193 Å². The number of rotatable bonds is 10. The second-order valence-electron chi connectivity index (χ2n) is 7.34. The molecule has 0 bridgehead atoms. The van der Waals surface area contributed by atoms with Gasteiger partial charge in [0.05, 0.1) is 17.2 Å². The molecule has 0 radical (unpaired) electrons. The molecule has 1 aromatic carbocycles. The highest BCUT2D eigenvalue weighted by Gasteiger charge is 2.28. The van der Waals surface area contributed by atoms with E-state index in [1.54, 1.807) is 0 Å². The van der Waals surface area contributed by atoms with Crippen LogP contribution in [-0.2, 0) is 19.6 Å². The van der Waals surface area contributed by atoms with Gasteiger partial charge in [0.2, 0.25) is 15.9 Å². The van der Waals surface area contributed by atoms with Crippen LogP contribution in [0, 0.1) is 0 Å². The highest BCUT2D eigenvalue weighted by molar-refractivity contribution is 7.98. The van der Waals surface area contributed by atoms with Crippen molar-refractivity contribution in [2.75, 3.05) is 38.2 Å². The number of thioether (sulfide) groups is 1. The van der Waals surface area contributed by atoms with E-state index in [0.717, 1.165) is 13.1 Å². The van der Waals surface area contributed by atoms with Gasteiger partial charge in [-0.25, -0.2) is 8.42 Å². The Bertz CT molecular complexity index is 816. The van der Waals surface area contributed by atoms with Gasteiger partial charge in [-0.15, -0.1) is 0 Å². The first kappa shape index (κ1) is 25.7. The molecule has 3 unspecified atom stereocenters. The molecular weight excluding hydrogens is 469 g/mol. The Morgan fingerprint density at radius 3 is 2.60 bits per heavy atom. The lowest BCUT2D eigenvalue weighted by atomic mass is 10.2. The van der Waals surface area contributed by atoms with Crippen LogP contribution in [0.25, 0.3) is 0 Å². The molecule has 1 aromatic rings.